The Morgan fingerprint density at radius 3 is 2.18 bits per heavy atom. The maximum Gasteiger partial charge on any atom is 0.269 e. The summed E-state index contributed by atoms with van der Waals surface area (Å²) in [7, 11) is 0. The zero-order chi connectivity index (χ0) is 23.2. The first kappa shape index (κ1) is 20.0. The van der Waals surface area contributed by atoms with Crippen molar-refractivity contribution in [1.29, 1.82) is 0 Å². The van der Waals surface area contributed by atoms with Crippen LogP contribution in [0.4, 0.5) is 0 Å². The molecule has 3 aromatic heterocycles. The van der Waals surface area contributed by atoms with Crippen LogP contribution in [0.2, 0.25) is 0 Å². The van der Waals surface area contributed by atoms with Crippen molar-refractivity contribution in [2.24, 2.45) is 5.10 Å². The summed E-state index contributed by atoms with van der Waals surface area (Å²) in [4.78, 5) is 28.2. The molecule has 0 N–H and O–H groups in total. The standard InChI is InChI=1S/C27H20N6O/c1-17-12-14-19(15-13-17)16-28-33-25-23(24-26(33)31-22-11-7-6-10-21(22)30-24)27(34)32(18(2)29-25)20-8-4-3-5-9-20/h3-16H,1-2H3. The summed E-state index contributed by atoms with van der Waals surface area (Å²) < 4.78 is 3.22. The zero-order valence-electron chi connectivity index (χ0n) is 18.7. The predicted molar refractivity (Wildman–Crippen MR) is 135 cm³/mol. The zero-order valence-corrected chi connectivity index (χ0v) is 18.7. The van der Waals surface area contributed by atoms with E-state index in [2.05, 4.69) is 0 Å². The van der Waals surface area contributed by atoms with Gasteiger partial charge in [-0.05, 0) is 43.7 Å². The highest BCUT2D eigenvalue weighted by molar-refractivity contribution is 6.05. The summed E-state index contributed by atoms with van der Waals surface area (Å²) in [5, 5.41) is 5.08. The molecule has 0 amide bonds. The van der Waals surface area contributed by atoms with Gasteiger partial charge in [-0.15, -0.1) is 0 Å². The minimum absolute atomic E-state index is 0.201. The lowest BCUT2D eigenvalue weighted by atomic mass is 10.2. The number of hydrogen-bond acceptors (Lipinski definition) is 5. The molecule has 0 aliphatic heterocycles. The van der Waals surface area contributed by atoms with E-state index in [0.29, 0.717) is 33.5 Å². The minimum Gasteiger partial charge on any atom is -0.268 e. The van der Waals surface area contributed by atoms with Crippen LogP contribution < -0.4 is 5.56 Å². The van der Waals surface area contributed by atoms with E-state index in [1.165, 1.54) is 5.56 Å². The van der Waals surface area contributed by atoms with Crippen molar-refractivity contribution >= 4 is 39.4 Å². The molecule has 0 radical (unpaired) electrons. The molecule has 0 atom stereocenters. The van der Waals surface area contributed by atoms with Gasteiger partial charge in [-0.1, -0.05) is 60.2 Å². The summed E-state index contributed by atoms with van der Waals surface area (Å²) >= 11 is 0. The molecule has 0 bridgehead atoms. The molecule has 7 nitrogen and oxygen atoms in total. The first-order valence-electron chi connectivity index (χ1n) is 11.0. The van der Waals surface area contributed by atoms with E-state index < -0.39 is 0 Å². The van der Waals surface area contributed by atoms with E-state index in [9.17, 15) is 4.79 Å². The molecule has 0 fully saturated rings. The monoisotopic (exact) mass is 444 g/mol. The molecule has 3 heterocycles. The SMILES string of the molecule is Cc1ccc(C=Nn2c3nc4ccccc4nc3c3c(=O)n(-c4ccccc4)c(C)nc32)cc1. The van der Waals surface area contributed by atoms with Gasteiger partial charge in [0, 0.05) is 0 Å². The van der Waals surface area contributed by atoms with Crippen LogP contribution in [0.5, 0.6) is 0 Å². The number of para-hydroxylation sites is 3. The second-order valence-electron chi connectivity index (χ2n) is 8.19. The van der Waals surface area contributed by atoms with Crippen LogP contribution in [0.3, 0.4) is 0 Å². The van der Waals surface area contributed by atoms with Gasteiger partial charge >= 0.3 is 0 Å². The molecular weight excluding hydrogens is 424 g/mol. The third-order valence-electron chi connectivity index (χ3n) is 5.84. The second-order valence-corrected chi connectivity index (χ2v) is 8.19. The van der Waals surface area contributed by atoms with Crippen LogP contribution in [0.1, 0.15) is 17.0 Å². The summed E-state index contributed by atoms with van der Waals surface area (Å²) in [5.74, 6) is 0.558. The van der Waals surface area contributed by atoms with Gasteiger partial charge in [0.2, 0.25) is 0 Å². The number of hydrogen-bond donors (Lipinski definition) is 0. The molecule has 0 saturated heterocycles. The van der Waals surface area contributed by atoms with E-state index in [0.717, 1.165) is 16.8 Å². The van der Waals surface area contributed by atoms with Crippen molar-refractivity contribution < 1.29 is 0 Å². The number of rotatable bonds is 3. The summed E-state index contributed by atoms with van der Waals surface area (Å²) in [5.41, 5.74) is 5.50. The topological polar surface area (TPSA) is 78.0 Å². The number of aryl methyl sites for hydroxylation is 2. The molecule has 0 aliphatic rings. The van der Waals surface area contributed by atoms with Gasteiger partial charge in [0.25, 0.3) is 5.56 Å². The van der Waals surface area contributed by atoms with Crippen LogP contribution in [0.15, 0.2) is 88.8 Å². The van der Waals surface area contributed by atoms with Crippen LogP contribution in [-0.4, -0.2) is 30.4 Å². The summed E-state index contributed by atoms with van der Waals surface area (Å²) in [6.45, 7) is 3.86. The Balaban J connectivity index is 1.70. The molecule has 0 spiro atoms. The molecule has 0 saturated carbocycles. The fraction of sp³-hybridized carbons (Fsp3) is 0.0741. The van der Waals surface area contributed by atoms with Gasteiger partial charge in [-0.25, -0.2) is 15.0 Å². The maximum absolute atomic E-state index is 13.8. The van der Waals surface area contributed by atoms with E-state index in [-0.39, 0.29) is 5.56 Å². The Labute approximate surface area is 194 Å². The lowest BCUT2D eigenvalue weighted by Crippen LogP contribution is -2.22. The van der Waals surface area contributed by atoms with Crippen molar-refractivity contribution in [2.45, 2.75) is 13.8 Å². The average Bonchev–Trinajstić information content (AvgIpc) is 3.15. The molecule has 0 aliphatic carbocycles. The molecule has 3 aromatic carbocycles. The molecule has 34 heavy (non-hydrogen) atoms. The van der Waals surface area contributed by atoms with Crippen LogP contribution in [0, 0.1) is 13.8 Å². The number of fused-ring (bicyclic) bond motifs is 4. The van der Waals surface area contributed by atoms with Gasteiger partial charge in [-0.3, -0.25) is 9.36 Å². The number of benzene rings is 3. The lowest BCUT2D eigenvalue weighted by Gasteiger charge is -2.09. The third-order valence-corrected chi connectivity index (χ3v) is 5.84. The third kappa shape index (κ3) is 3.17. The Morgan fingerprint density at radius 1 is 0.765 bits per heavy atom. The summed E-state index contributed by atoms with van der Waals surface area (Å²) in [6, 6.07) is 25.1. The van der Waals surface area contributed by atoms with E-state index in [1.807, 2.05) is 92.7 Å². The van der Waals surface area contributed by atoms with E-state index in [4.69, 9.17) is 20.1 Å². The highest BCUT2D eigenvalue weighted by atomic mass is 16.1. The molecule has 164 valence electrons. The normalized spacial score (nSPS) is 11.8. The van der Waals surface area contributed by atoms with Gasteiger partial charge in [0.15, 0.2) is 11.3 Å². The van der Waals surface area contributed by atoms with Crippen molar-refractivity contribution in [1.82, 2.24) is 24.2 Å². The highest BCUT2D eigenvalue weighted by Crippen LogP contribution is 2.26. The number of nitrogens with zero attached hydrogens (tertiary/aromatic N) is 6. The molecule has 7 heteroatoms. The fourth-order valence-electron chi connectivity index (χ4n) is 4.15. The minimum atomic E-state index is -0.201. The second kappa shape index (κ2) is 7.74. The summed E-state index contributed by atoms with van der Waals surface area (Å²) in [6.07, 6.45) is 1.74. The average molecular weight is 444 g/mol. The maximum atomic E-state index is 13.8. The molecule has 6 rings (SSSR count). The first-order chi connectivity index (χ1) is 16.6. The molecule has 0 unspecified atom stereocenters. The van der Waals surface area contributed by atoms with Crippen molar-refractivity contribution in [3.8, 4) is 5.69 Å². The lowest BCUT2D eigenvalue weighted by molar-refractivity contribution is 0.865. The van der Waals surface area contributed by atoms with Gasteiger partial charge < -0.3 is 0 Å². The quantitative estimate of drug-likeness (QED) is 0.368. The van der Waals surface area contributed by atoms with E-state index in [1.54, 1.807) is 15.5 Å². The smallest absolute Gasteiger partial charge is 0.268 e. The highest BCUT2D eigenvalue weighted by Gasteiger charge is 2.21. The Bertz CT molecular complexity index is 1780. The van der Waals surface area contributed by atoms with Crippen molar-refractivity contribution in [3.05, 3.63) is 106 Å². The van der Waals surface area contributed by atoms with Crippen LogP contribution in [0.25, 0.3) is 38.9 Å². The van der Waals surface area contributed by atoms with E-state index >= 15 is 0 Å². The largest absolute Gasteiger partial charge is 0.269 e. The van der Waals surface area contributed by atoms with Gasteiger partial charge in [0.1, 0.15) is 16.7 Å². The number of aromatic nitrogens is 5. The van der Waals surface area contributed by atoms with Crippen LogP contribution >= 0.6 is 0 Å². The molecular formula is C27H20N6O. The Kier molecular flexibility index (Phi) is 4.55. The first-order valence-corrected chi connectivity index (χ1v) is 11.0. The van der Waals surface area contributed by atoms with Crippen molar-refractivity contribution in [3.63, 3.8) is 0 Å². The van der Waals surface area contributed by atoms with Crippen molar-refractivity contribution in [2.75, 3.05) is 0 Å². The van der Waals surface area contributed by atoms with Crippen LogP contribution in [-0.2, 0) is 0 Å². The van der Waals surface area contributed by atoms with Gasteiger partial charge in [-0.2, -0.15) is 9.78 Å². The predicted octanol–water partition coefficient (Wildman–Crippen LogP) is 4.78. The Morgan fingerprint density at radius 2 is 1.44 bits per heavy atom. The molecule has 6 aromatic rings. The Hall–Kier alpha value is -4.65. The van der Waals surface area contributed by atoms with Gasteiger partial charge in [0.05, 0.1) is 22.9 Å². The fourth-order valence-corrected chi connectivity index (χ4v) is 4.15.